The Morgan fingerprint density at radius 1 is 0.576 bits per heavy atom. The Morgan fingerprint density at radius 2 is 0.970 bits per heavy atom. The number of amides is 6. The molecule has 0 aromatic heterocycles. The van der Waals surface area contributed by atoms with Crippen molar-refractivity contribution in [2.24, 2.45) is 5.41 Å². The van der Waals surface area contributed by atoms with Crippen molar-refractivity contribution >= 4 is 92.5 Å². The molecule has 0 bridgehead atoms. The lowest BCUT2D eigenvalue weighted by Crippen LogP contribution is -2.53. The molecule has 0 saturated carbocycles. The third-order valence-electron chi connectivity index (χ3n) is 12.2. The lowest BCUT2D eigenvalue weighted by Gasteiger charge is -2.40. The van der Waals surface area contributed by atoms with Crippen LogP contribution in [0.15, 0.2) is 97.1 Å². The van der Waals surface area contributed by atoms with Crippen molar-refractivity contribution < 1.29 is 58.8 Å². The number of carbonyl (C=O) groups is 8. The molecule has 4 aromatic rings. The summed E-state index contributed by atoms with van der Waals surface area (Å²) in [4.78, 5) is 114. The van der Waals surface area contributed by atoms with Gasteiger partial charge < -0.3 is 30.2 Å². The monoisotopic (exact) mass is 970 g/mol. The largest absolute Gasteiger partial charge is 0.508 e. The van der Waals surface area contributed by atoms with Crippen LogP contribution in [0.5, 0.6) is 11.5 Å². The van der Waals surface area contributed by atoms with E-state index in [1.807, 2.05) is 0 Å². The maximum Gasteiger partial charge on any atom is 0.327 e. The third-order valence-corrected chi connectivity index (χ3v) is 17.3. The molecule has 4 atom stereocenters. The zero-order valence-corrected chi connectivity index (χ0v) is 38.2. The number of aliphatic carboxylic acids is 2. The molecule has 0 spiro atoms. The highest BCUT2D eigenvalue weighted by Gasteiger charge is 2.52. The molecule has 0 aliphatic carbocycles. The number of benzene rings is 4. The van der Waals surface area contributed by atoms with Gasteiger partial charge in [0, 0.05) is 53.6 Å². The van der Waals surface area contributed by atoms with Crippen LogP contribution < -0.4 is 0 Å². The number of rotatable bonds is 17. The molecule has 4 aliphatic rings. The minimum Gasteiger partial charge on any atom is -0.508 e. The van der Waals surface area contributed by atoms with E-state index >= 15 is 4.79 Å². The number of phenols is 2. The first-order valence-electron chi connectivity index (χ1n) is 20.8. The normalized spacial score (nSPS) is 20.3. The van der Waals surface area contributed by atoms with Gasteiger partial charge >= 0.3 is 11.9 Å². The molecular weight excluding hydrogens is 929 g/mol. The first-order chi connectivity index (χ1) is 31.7. The molecule has 4 aromatic carbocycles. The Labute approximate surface area is 394 Å². The maximum atomic E-state index is 15.7. The van der Waals surface area contributed by atoms with E-state index in [0.717, 1.165) is 32.4 Å². The van der Waals surface area contributed by atoms with Crippen LogP contribution in [0.2, 0.25) is 0 Å². The molecule has 2 unspecified atom stereocenters. The van der Waals surface area contributed by atoms with Gasteiger partial charge in [-0.3, -0.25) is 38.6 Å². The van der Waals surface area contributed by atoms with Crippen LogP contribution in [0, 0.1) is 5.41 Å². The highest BCUT2D eigenvalue weighted by molar-refractivity contribution is 8.76. The summed E-state index contributed by atoms with van der Waals surface area (Å²) in [6, 6.07) is 22.6. The molecule has 6 amide bonds. The van der Waals surface area contributed by atoms with Gasteiger partial charge in [0.05, 0.1) is 27.7 Å². The molecule has 4 aliphatic heterocycles. The van der Waals surface area contributed by atoms with Gasteiger partial charge in [-0.05, 0) is 49.2 Å². The van der Waals surface area contributed by atoms with Crippen LogP contribution in [0.3, 0.4) is 0 Å². The second-order valence-electron chi connectivity index (χ2n) is 15.9. The van der Waals surface area contributed by atoms with Gasteiger partial charge in [-0.25, -0.2) is 9.59 Å². The van der Waals surface area contributed by atoms with Gasteiger partial charge in [0.25, 0.3) is 23.6 Å². The Morgan fingerprint density at radius 3 is 1.39 bits per heavy atom. The van der Waals surface area contributed by atoms with Crippen molar-refractivity contribution in [1.82, 2.24) is 19.6 Å². The van der Waals surface area contributed by atoms with E-state index in [1.54, 1.807) is 60.7 Å². The molecule has 4 heterocycles. The minimum atomic E-state index is -1.70. The van der Waals surface area contributed by atoms with Crippen LogP contribution in [0.4, 0.5) is 0 Å². The summed E-state index contributed by atoms with van der Waals surface area (Å²) in [5.74, 6) is -6.31. The van der Waals surface area contributed by atoms with Crippen molar-refractivity contribution in [2.75, 3.05) is 36.1 Å². The fourth-order valence-electron chi connectivity index (χ4n) is 8.64. The SMILES string of the molecule is O=C(O)[C@@H]1CSC(c2ccccc2O)N1C(=O)CCSSCC(CCN1C(=O)c2ccccc2C1=O)(CCN1C(=O)c2ccccc2C1=O)C(=O)N1C(c2ccccc2O)SC[C@H]1C(=O)O. The molecule has 2 saturated heterocycles. The summed E-state index contributed by atoms with van der Waals surface area (Å²) in [6.07, 6.45) is -0.612. The summed E-state index contributed by atoms with van der Waals surface area (Å²) in [5, 5.41) is 40.4. The van der Waals surface area contributed by atoms with E-state index in [-0.39, 0.29) is 94.7 Å². The van der Waals surface area contributed by atoms with Crippen LogP contribution in [0.25, 0.3) is 0 Å². The summed E-state index contributed by atoms with van der Waals surface area (Å²) in [6.45, 7) is -0.609. The molecule has 8 rings (SSSR count). The predicted octanol–water partition coefficient (Wildman–Crippen LogP) is 5.98. The zero-order chi connectivity index (χ0) is 46.9. The Hall–Kier alpha value is -5.96. The first kappa shape index (κ1) is 46.6. The predicted molar refractivity (Wildman–Crippen MR) is 248 cm³/mol. The molecule has 4 N–H and O–H groups in total. The van der Waals surface area contributed by atoms with Crippen LogP contribution in [-0.2, 0) is 19.2 Å². The summed E-state index contributed by atoms with van der Waals surface area (Å²) >= 11 is 2.35. The van der Waals surface area contributed by atoms with Crippen molar-refractivity contribution in [3.8, 4) is 11.5 Å². The fourth-order valence-corrected chi connectivity index (χ4v) is 14.2. The van der Waals surface area contributed by atoms with E-state index in [9.17, 15) is 54.0 Å². The van der Waals surface area contributed by atoms with Gasteiger partial charge in [-0.2, -0.15) is 0 Å². The van der Waals surface area contributed by atoms with Crippen molar-refractivity contribution in [2.45, 2.75) is 42.1 Å². The highest BCUT2D eigenvalue weighted by Crippen LogP contribution is 2.50. The fraction of sp³-hybridized carbons (Fsp3) is 0.304. The molecule has 16 nitrogen and oxygen atoms in total. The Balaban J connectivity index is 1.11. The smallest absolute Gasteiger partial charge is 0.327 e. The molecule has 2 fully saturated rings. The highest BCUT2D eigenvalue weighted by atomic mass is 33.1. The maximum absolute atomic E-state index is 15.7. The van der Waals surface area contributed by atoms with Crippen molar-refractivity contribution in [3.05, 3.63) is 130 Å². The summed E-state index contributed by atoms with van der Waals surface area (Å²) in [5.41, 5.74) is -0.343. The first-order valence-corrected chi connectivity index (χ1v) is 25.4. The summed E-state index contributed by atoms with van der Waals surface area (Å²) < 4.78 is 0. The van der Waals surface area contributed by atoms with Gasteiger partial charge in [0.2, 0.25) is 11.8 Å². The second kappa shape index (κ2) is 19.5. The lowest BCUT2D eigenvalue weighted by molar-refractivity contribution is -0.154. The summed E-state index contributed by atoms with van der Waals surface area (Å²) in [7, 11) is 2.33. The van der Waals surface area contributed by atoms with Crippen molar-refractivity contribution in [3.63, 3.8) is 0 Å². The number of para-hydroxylation sites is 2. The average molecular weight is 971 g/mol. The number of hydrogen-bond donors (Lipinski definition) is 4. The number of carbonyl (C=O) groups excluding carboxylic acids is 6. The van der Waals surface area contributed by atoms with Crippen LogP contribution in [-0.4, -0.2) is 136 Å². The minimum absolute atomic E-state index is 0.0508. The van der Waals surface area contributed by atoms with E-state index < -0.39 is 75.6 Å². The number of phenolic OH excluding ortho intramolecular Hbond substituents is 2. The number of carboxylic acid groups (broad SMARTS) is 2. The van der Waals surface area contributed by atoms with Gasteiger partial charge in [-0.1, -0.05) is 82.3 Å². The van der Waals surface area contributed by atoms with E-state index in [4.69, 9.17) is 0 Å². The quantitative estimate of drug-likeness (QED) is 0.0542. The molecule has 0 radical (unpaired) electrons. The van der Waals surface area contributed by atoms with Gasteiger partial charge in [-0.15, -0.1) is 23.5 Å². The van der Waals surface area contributed by atoms with Gasteiger partial charge in [0.1, 0.15) is 34.3 Å². The number of imide groups is 2. The average Bonchev–Trinajstić information content (AvgIpc) is 4.07. The molecule has 20 heteroatoms. The number of carboxylic acids is 2. The van der Waals surface area contributed by atoms with Gasteiger partial charge in [0.15, 0.2) is 0 Å². The van der Waals surface area contributed by atoms with Crippen molar-refractivity contribution in [1.29, 1.82) is 0 Å². The number of fused-ring (bicyclic) bond motifs is 2. The third kappa shape index (κ3) is 8.73. The van der Waals surface area contributed by atoms with Crippen LogP contribution in [0.1, 0.15) is 82.6 Å². The number of hydrogen-bond acceptors (Lipinski definition) is 14. The van der Waals surface area contributed by atoms with Crippen LogP contribution >= 0.6 is 45.1 Å². The molecular formula is C46H42N4O12S4. The van der Waals surface area contributed by atoms with E-state index in [0.29, 0.717) is 5.56 Å². The second-order valence-corrected chi connectivity index (χ2v) is 20.7. The number of thioether (sulfide) groups is 2. The number of nitrogens with zero attached hydrogens (tertiary/aromatic N) is 4. The Bertz CT molecular complexity index is 2500. The number of aromatic hydroxyl groups is 2. The van der Waals surface area contributed by atoms with E-state index in [1.165, 1.54) is 68.8 Å². The standard InChI is InChI=1S/C46H42N4O12S4/c51-34-15-7-5-13-30(34)41-49(32(23-63-41)43(58)59)36(53)17-22-65-66-25-46(18-20-47-37(54)26-9-1-2-10-27(26)38(47)55,19-21-48-39(56)28-11-3-4-12-29(28)40(48)57)45(62)50-33(44(60)61)24-64-42(50)31-14-6-8-16-35(31)52/h1-16,32-33,41-42,51-52H,17-25H2,(H,58,59)(H,60,61)/t32-,33-,41?,42?/m0/s1. The lowest BCUT2D eigenvalue weighted by atomic mass is 9.80. The molecule has 66 heavy (non-hydrogen) atoms. The topological polar surface area (TPSA) is 230 Å². The zero-order valence-electron chi connectivity index (χ0n) is 34.9. The Kier molecular flexibility index (Phi) is 13.7. The molecule has 342 valence electrons. The van der Waals surface area contributed by atoms with E-state index in [2.05, 4.69) is 0 Å².